The molecule has 4 aromatic rings. The Morgan fingerprint density at radius 2 is 2.06 bits per heavy atom. The number of tetrazole rings is 1. The summed E-state index contributed by atoms with van der Waals surface area (Å²) < 4.78 is 3.17. The highest BCUT2D eigenvalue weighted by Crippen LogP contribution is 2.50. The van der Waals surface area contributed by atoms with Crippen LogP contribution in [-0.4, -0.2) is 35.9 Å². The van der Waals surface area contributed by atoms with E-state index in [9.17, 15) is 9.90 Å². The largest absolute Gasteiger partial charge is 0.481 e. The predicted octanol–water partition coefficient (Wildman–Crippen LogP) is 5.61. The predicted molar refractivity (Wildman–Crippen MR) is 127 cm³/mol. The number of carboxylic acids is 1. The molecule has 7 nitrogen and oxygen atoms in total. The summed E-state index contributed by atoms with van der Waals surface area (Å²) in [6.07, 6.45) is 0.790. The number of halogens is 2. The standard InChI is InChI=1S/C22H19BrClN5O2S/c1-11(22(30)31)15-7-8-29-17-10-12(21-25-27-28(2)26-21)9-16(23)18(17)20(19(15)29)32-14-5-3-13(24)4-6-14/h3-6,9-11,15H,7-8H2,1-2H3,(H,30,31). The lowest BCUT2D eigenvalue weighted by Crippen LogP contribution is -2.17. The van der Waals surface area contributed by atoms with Crippen LogP contribution < -0.4 is 0 Å². The SMILES string of the molecule is CC(C(=O)O)C1CCn2c1c(Sc1ccc(Cl)cc1)c1c(Br)cc(-c3nnn(C)n3)cc12. The molecule has 1 aliphatic heterocycles. The monoisotopic (exact) mass is 531 g/mol. The molecule has 164 valence electrons. The molecule has 0 amide bonds. The zero-order chi connectivity index (χ0) is 22.6. The first-order valence-corrected chi connectivity index (χ1v) is 12.1. The lowest BCUT2D eigenvalue weighted by Gasteiger charge is -2.16. The number of rotatable bonds is 5. The molecular formula is C22H19BrClN5O2S. The van der Waals surface area contributed by atoms with E-state index in [4.69, 9.17) is 11.6 Å². The van der Waals surface area contributed by atoms with Gasteiger partial charge in [-0.3, -0.25) is 4.79 Å². The van der Waals surface area contributed by atoms with Crippen molar-refractivity contribution in [2.75, 3.05) is 0 Å². The number of aromatic nitrogens is 5. The minimum atomic E-state index is -0.778. The molecule has 0 spiro atoms. The van der Waals surface area contributed by atoms with Crippen LogP contribution in [-0.2, 0) is 18.4 Å². The van der Waals surface area contributed by atoms with Gasteiger partial charge >= 0.3 is 5.97 Å². The van der Waals surface area contributed by atoms with Gasteiger partial charge in [-0.15, -0.1) is 10.2 Å². The van der Waals surface area contributed by atoms with Gasteiger partial charge in [0.05, 0.1) is 18.5 Å². The summed E-state index contributed by atoms with van der Waals surface area (Å²) in [6, 6.07) is 11.8. The normalized spacial score (nSPS) is 16.4. The number of hydrogen-bond acceptors (Lipinski definition) is 5. The van der Waals surface area contributed by atoms with E-state index in [1.54, 1.807) is 25.7 Å². The molecule has 0 fully saturated rings. The third-order valence-electron chi connectivity index (χ3n) is 5.92. The molecule has 0 aliphatic carbocycles. The van der Waals surface area contributed by atoms with Crippen LogP contribution in [0, 0.1) is 5.92 Å². The molecule has 2 aromatic carbocycles. The number of carbonyl (C=O) groups is 1. The molecule has 1 N–H and O–H groups in total. The number of carboxylic acid groups (broad SMARTS) is 1. The second kappa shape index (κ2) is 8.20. The maximum absolute atomic E-state index is 11.9. The number of aryl methyl sites for hydroxylation is 2. The highest BCUT2D eigenvalue weighted by molar-refractivity contribution is 9.10. The molecule has 2 aromatic heterocycles. The van der Waals surface area contributed by atoms with Gasteiger partial charge in [-0.25, -0.2) is 0 Å². The Morgan fingerprint density at radius 1 is 1.31 bits per heavy atom. The van der Waals surface area contributed by atoms with Crippen molar-refractivity contribution in [2.24, 2.45) is 13.0 Å². The molecule has 10 heteroatoms. The highest BCUT2D eigenvalue weighted by Gasteiger charge is 2.36. The molecular weight excluding hydrogens is 514 g/mol. The van der Waals surface area contributed by atoms with Crippen LogP contribution in [0.2, 0.25) is 5.02 Å². The second-order valence-electron chi connectivity index (χ2n) is 7.90. The number of hydrogen-bond donors (Lipinski definition) is 1. The van der Waals surface area contributed by atoms with Crippen molar-refractivity contribution in [1.29, 1.82) is 0 Å². The van der Waals surface area contributed by atoms with E-state index in [2.05, 4.69) is 42.0 Å². The molecule has 0 saturated heterocycles. The van der Waals surface area contributed by atoms with E-state index < -0.39 is 11.9 Å². The summed E-state index contributed by atoms with van der Waals surface area (Å²) in [5.74, 6) is -0.782. The van der Waals surface area contributed by atoms with Crippen LogP contribution in [0.15, 0.2) is 50.7 Å². The second-order valence-corrected chi connectivity index (χ2v) is 10.3. The van der Waals surface area contributed by atoms with E-state index in [0.717, 1.165) is 49.4 Å². The number of benzene rings is 2. The number of fused-ring (bicyclic) bond motifs is 3. The Bertz CT molecular complexity index is 1350. The van der Waals surface area contributed by atoms with Gasteiger partial charge in [0.2, 0.25) is 5.82 Å². The molecule has 0 bridgehead atoms. The Balaban J connectivity index is 1.73. The van der Waals surface area contributed by atoms with Gasteiger partial charge in [-0.2, -0.15) is 4.80 Å². The molecule has 0 radical (unpaired) electrons. The highest BCUT2D eigenvalue weighted by atomic mass is 79.9. The Morgan fingerprint density at radius 3 is 2.72 bits per heavy atom. The maximum Gasteiger partial charge on any atom is 0.306 e. The van der Waals surface area contributed by atoms with Crippen LogP contribution in [0.5, 0.6) is 0 Å². The Labute approximate surface area is 201 Å². The minimum Gasteiger partial charge on any atom is -0.481 e. The quantitative estimate of drug-likeness (QED) is 0.360. The molecule has 0 saturated carbocycles. The van der Waals surface area contributed by atoms with Gasteiger partial charge in [0.25, 0.3) is 0 Å². The van der Waals surface area contributed by atoms with Gasteiger partial charge in [-0.05, 0) is 48.0 Å². The summed E-state index contributed by atoms with van der Waals surface area (Å²) in [5.41, 5.74) is 2.96. The number of aliphatic carboxylic acids is 1. The van der Waals surface area contributed by atoms with Crippen molar-refractivity contribution >= 4 is 56.2 Å². The third-order valence-corrected chi connectivity index (χ3v) is 7.92. The summed E-state index contributed by atoms with van der Waals surface area (Å²) >= 11 is 11.5. The zero-order valence-electron chi connectivity index (χ0n) is 17.3. The van der Waals surface area contributed by atoms with Gasteiger partial charge in [0.15, 0.2) is 0 Å². The van der Waals surface area contributed by atoms with Crippen molar-refractivity contribution in [1.82, 2.24) is 24.8 Å². The maximum atomic E-state index is 11.9. The molecule has 32 heavy (non-hydrogen) atoms. The lowest BCUT2D eigenvalue weighted by atomic mass is 9.90. The van der Waals surface area contributed by atoms with E-state index in [1.165, 1.54) is 4.80 Å². The smallest absolute Gasteiger partial charge is 0.306 e. The summed E-state index contributed by atoms with van der Waals surface area (Å²) in [4.78, 5) is 15.4. The fourth-order valence-electron chi connectivity index (χ4n) is 4.34. The first kappa shape index (κ1) is 21.5. The summed E-state index contributed by atoms with van der Waals surface area (Å²) in [5, 5.41) is 23.9. The fourth-order valence-corrected chi connectivity index (χ4v) is 6.43. The Kier molecular flexibility index (Phi) is 5.51. The average molecular weight is 533 g/mol. The first-order chi connectivity index (χ1) is 15.3. The van der Waals surface area contributed by atoms with Crippen molar-refractivity contribution < 1.29 is 9.90 Å². The minimum absolute atomic E-state index is 0.0697. The average Bonchev–Trinajstić information content (AvgIpc) is 3.45. The van der Waals surface area contributed by atoms with E-state index in [1.807, 2.05) is 30.3 Å². The van der Waals surface area contributed by atoms with Gasteiger partial charge < -0.3 is 9.67 Å². The third kappa shape index (κ3) is 3.62. The van der Waals surface area contributed by atoms with Gasteiger partial charge in [0.1, 0.15) is 0 Å². The zero-order valence-corrected chi connectivity index (χ0v) is 20.4. The van der Waals surface area contributed by atoms with Crippen LogP contribution in [0.3, 0.4) is 0 Å². The fraction of sp³-hybridized carbons (Fsp3) is 0.273. The van der Waals surface area contributed by atoms with E-state index in [-0.39, 0.29) is 5.92 Å². The van der Waals surface area contributed by atoms with E-state index >= 15 is 0 Å². The molecule has 5 rings (SSSR count). The van der Waals surface area contributed by atoms with Crippen LogP contribution in [0.4, 0.5) is 0 Å². The molecule has 2 unspecified atom stereocenters. The van der Waals surface area contributed by atoms with Gasteiger partial charge in [-0.1, -0.05) is 46.2 Å². The van der Waals surface area contributed by atoms with Crippen LogP contribution in [0.1, 0.15) is 25.0 Å². The lowest BCUT2D eigenvalue weighted by molar-refractivity contribution is -0.141. The summed E-state index contributed by atoms with van der Waals surface area (Å²) in [7, 11) is 1.73. The van der Waals surface area contributed by atoms with Crippen molar-refractivity contribution in [3.63, 3.8) is 0 Å². The van der Waals surface area contributed by atoms with Gasteiger partial charge in [0, 0.05) is 48.4 Å². The van der Waals surface area contributed by atoms with E-state index in [0.29, 0.717) is 10.8 Å². The summed E-state index contributed by atoms with van der Waals surface area (Å²) in [6.45, 7) is 2.56. The topological polar surface area (TPSA) is 85.8 Å². The molecule has 3 heterocycles. The van der Waals surface area contributed by atoms with Crippen molar-refractivity contribution in [3.05, 3.63) is 51.6 Å². The Hall–Kier alpha value is -2.36. The van der Waals surface area contributed by atoms with Crippen LogP contribution in [0.25, 0.3) is 22.3 Å². The van der Waals surface area contributed by atoms with Crippen LogP contribution >= 0.6 is 39.3 Å². The first-order valence-electron chi connectivity index (χ1n) is 10.1. The van der Waals surface area contributed by atoms with Crippen molar-refractivity contribution in [3.8, 4) is 11.4 Å². The molecule has 1 aliphatic rings. The van der Waals surface area contributed by atoms with Crippen molar-refractivity contribution in [2.45, 2.75) is 35.6 Å². The molecule has 2 atom stereocenters. The number of nitrogens with zero attached hydrogens (tertiary/aromatic N) is 5.